The van der Waals surface area contributed by atoms with Crippen LogP contribution in [0.4, 0.5) is 0 Å². The molecule has 1 aliphatic carbocycles. The Hall–Kier alpha value is -1.75. The van der Waals surface area contributed by atoms with Crippen LogP contribution in [0.3, 0.4) is 0 Å². The molecular weight excluding hydrogens is 284 g/mol. The lowest BCUT2D eigenvalue weighted by Crippen LogP contribution is -2.10. The minimum Gasteiger partial charge on any atom is -0.497 e. The van der Waals surface area contributed by atoms with Crippen LogP contribution < -0.4 is 9.47 Å². The van der Waals surface area contributed by atoms with Gasteiger partial charge in [-0.3, -0.25) is 4.79 Å². The molecule has 0 spiro atoms. The van der Waals surface area contributed by atoms with Crippen molar-refractivity contribution in [3.63, 3.8) is 0 Å². The van der Waals surface area contributed by atoms with Gasteiger partial charge in [0.2, 0.25) is 0 Å². The van der Waals surface area contributed by atoms with Gasteiger partial charge in [-0.25, -0.2) is 0 Å². The average Bonchev–Trinajstić information content (AvgIpc) is 3.17. The summed E-state index contributed by atoms with van der Waals surface area (Å²) in [5, 5.41) is 0. The molecule has 22 heavy (non-hydrogen) atoms. The first-order valence-corrected chi connectivity index (χ1v) is 7.57. The fraction of sp³-hybridized carbons (Fsp3) is 0.588. The molecule has 5 heteroatoms. The van der Waals surface area contributed by atoms with E-state index in [0.29, 0.717) is 25.7 Å². The van der Waals surface area contributed by atoms with Gasteiger partial charge in [-0.15, -0.1) is 0 Å². The van der Waals surface area contributed by atoms with E-state index in [1.807, 2.05) is 25.1 Å². The minimum atomic E-state index is -0.106. The van der Waals surface area contributed by atoms with Gasteiger partial charge in [0.1, 0.15) is 11.5 Å². The summed E-state index contributed by atoms with van der Waals surface area (Å²) in [6.07, 6.45) is 0. The van der Waals surface area contributed by atoms with Crippen LogP contribution in [0.25, 0.3) is 0 Å². The monoisotopic (exact) mass is 308 g/mol. The Morgan fingerprint density at radius 3 is 2.64 bits per heavy atom. The van der Waals surface area contributed by atoms with Gasteiger partial charge in [0, 0.05) is 11.6 Å². The van der Waals surface area contributed by atoms with E-state index >= 15 is 0 Å². The predicted molar refractivity (Wildman–Crippen MR) is 82.0 cm³/mol. The quantitative estimate of drug-likeness (QED) is 0.691. The highest BCUT2D eigenvalue weighted by atomic mass is 16.5. The molecule has 0 bridgehead atoms. The van der Waals surface area contributed by atoms with Gasteiger partial charge in [0.05, 0.1) is 40.0 Å². The normalized spacial score (nSPS) is 23.0. The standard InChI is InChI=1S/C17H24O5/c1-5-22-17(18)16-11(2)14(16)10-21-9-12-6-7-13(19-3)8-15(12)20-4/h6-8,11,14,16H,5,9-10H2,1-4H3. The lowest BCUT2D eigenvalue weighted by atomic mass is 10.2. The van der Waals surface area contributed by atoms with Crippen molar-refractivity contribution < 1.29 is 23.7 Å². The molecular formula is C17H24O5. The van der Waals surface area contributed by atoms with E-state index in [1.54, 1.807) is 14.2 Å². The number of hydrogen-bond donors (Lipinski definition) is 0. The Bertz CT molecular complexity index is 514. The van der Waals surface area contributed by atoms with Crippen LogP contribution in [-0.4, -0.2) is 33.4 Å². The molecule has 0 heterocycles. The first-order valence-electron chi connectivity index (χ1n) is 7.57. The highest BCUT2D eigenvalue weighted by molar-refractivity contribution is 5.76. The SMILES string of the molecule is CCOC(=O)C1C(C)C1COCc1ccc(OC)cc1OC. The van der Waals surface area contributed by atoms with Crippen molar-refractivity contribution in [2.24, 2.45) is 17.8 Å². The lowest BCUT2D eigenvalue weighted by Gasteiger charge is -2.11. The zero-order valence-corrected chi connectivity index (χ0v) is 13.6. The van der Waals surface area contributed by atoms with Crippen LogP contribution in [0.5, 0.6) is 11.5 Å². The van der Waals surface area contributed by atoms with Gasteiger partial charge in [-0.05, 0) is 30.9 Å². The molecule has 1 aromatic rings. The summed E-state index contributed by atoms with van der Waals surface area (Å²) in [5.41, 5.74) is 0.962. The molecule has 3 unspecified atom stereocenters. The van der Waals surface area contributed by atoms with Gasteiger partial charge < -0.3 is 18.9 Å². The molecule has 1 fully saturated rings. The van der Waals surface area contributed by atoms with Crippen molar-refractivity contribution in [2.75, 3.05) is 27.4 Å². The van der Waals surface area contributed by atoms with Crippen molar-refractivity contribution in [3.8, 4) is 11.5 Å². The third-order valence-electron chi connectivity index (χ3n) is 4.18. The fourth-order valence-corrected chi connectivity index (χ4v) is 2.71. The van der Waals surface area contributed by atoms with E-state index in [4.69, 9.17) is 18.9 Å². The largest absolute Gasteiger partial charge is 0.497 e. The zero-order chi connectivity index (χ0) is 16.1. The maximum Gasteiger partial charge on any atom is 0.309 e. The van der Waals surface area contributed by atoms with E-state index in [0.717, 1.165) is 17.1 Å². The van der Waals surface area contributed by atoms with Crippen LogP contribution in [-0.2, 0) is 20.9 Å². The van der Waals surface area contributed by atoms with Crippen LogP contribution in [0.1, 0.15) is 19.4 Å². The van der Waals surface area contributed by atoms with Crippen molar-refractivity contribution >= 4 is 5.97 Å². The molecule has 122 valence electrons. The number of benzene rings is 1. The second kappa shape index (κ2) is 7.49. The predicted octanol–water partition coefficient (Wildman–Crippen LogP) is 2.67. The second-order valence-corrected chi connectivity index (χ2v) is 5.49. The average molecular weight is 308 g/mol. The van der Waals surface area contributed by atoms with Crippen molar-refractivity contribution in [2.45, 2.75) is 20.5 Å². The number of esters is 1. The van der Waals surface area contributed by atoms with Crippen LogP contribution in [0, 0.1) is 17.8 Å². The molecule has 0 aliphatic heterocycles. The van der Waals surface area contributed by atoms with E-state index in [2.05, 4.69) is 6.92 Å². The van der Waals surface area contributed by atoms with Gasteiger partial charge in [0.15, 0.2) is 0 Å². The number of carbonyl (C=O) groups is 1. The Balaban J connectivity index is 1.83. The molecule has 5 nitrogen and oxygen atoms in total. The van der Waals surface area contributed by atoms with Crippen LogP contribution >= 0.6 is 0 Å². The minimum absolute atomic E-state index is 0.0160. The Labute approximate surface area is 131 Å². The molecule has 3 atom stereocenters. The van der Waals surface area contributed by atoms with E-state index < -0.39 is 0 Å². The Kier molecular flexibility index (Phi) is 5.66. The molecule has 1 saturated carbocycles. The number of rotatable bonds is 8. The van der Waals surface area contributed by atoms with Crippen molar-refractivity contribution in [1.29, 1.82) is 0 Å². The number of ether oxygens (including phenoxy) is 4. The number of methoxy groups -OCH3 is 2. The molecule has 2 rings (SSSR count). The molecule has 0 aromatic heterocycles. The third-order valence-corrected chi connectivity index (χ3v) is 4.18. The first-order chi connectivity index (χ1) is 10.6. The lowest BCUT2D eigenvalue weighted by molar-refractivity contribution is -0.145. The maximum absolute atomic E-state index is 11.7. The highest BCUT2D eigenvalue weighted by Crippen LogP contribution is 2.47. The van der Waals surface area contributed by atoms with Crippen molar-refractivity contribution in [1.82, 2.24) is 0 Å². The van der Waals surface area contributed by atoms with Crippen molar-refractivity contribution in [3.05, 3.63) is 23.8 Å². The summed E-state index contributed by atoms with van der Waals surface area (Å²) >= 11 is 0. The second-order valence-electron chi connectivity index (χ2n) is 5.49. The fourth-order valence-electron chi connectivity index (χ4n) is 2.71. The highest BCUT2D eigenvalue weighted by Gasteiger charge is 2.52. The van der Waals surface area contributed by atoms with Gasteiger partial charge >= 0.3 is 5.97 Å². The summed E-state index contributed by atoms with van der Waals surface area (Å²) in [5.74, 6) is 1.95. The first kappa shape index (κ1) is 16.6. The smallest absolute Gasteiger partial charge is 0.309 e. The van der Waals surface area contributed by atoms with Gasteiger partial charge in [0.25, 0.3) is 0 Å². The van der Waals surface area contributed by atoms with E-state index in [-0.39, 0.29) is 17.8 Å². The summed E-state index contributed by atoms with van der Waals surface area (Å²) in [7, 11) is 3.24. The zero-order valence-electron chi connectivity index (χ0n) is 13.6. The number of carbonyl (C=O) groups excluding carboxylic acids is 1. The molecule has 1 aliphatic rings. The summed E-state index contributed by atoms with van der Waals surface area (Å²) < 4.78 is 21.3. The molecule has 0 amide bonds. The Morgan fingerprint density at radius 1 is 1.23 bits per heavy atom. The third kappa shape index (κ3) is 3.71. The topological polar surface area (TPSA) is 54.0 Å². The van der Waals surface area contributed by atoms with E-state index in [9.17, 15) is 4.79 Å². The molecule has 0 radical (unpaired) electrons. The van der Waals surface area contributed by atoms with Gasteiger partial charge in [-0.1, -0.05) is 6.92 Å². The van der Waals surface area contributed by atoms with Gasteiger partial charge in [-0.2, -0.15) is 0 Å². The molecule has 0 saturated heterocycles. The van der Waals surface area contributed by atoms with Crippen LogP contribution in [0.15, 0.2) is 18.2 Å². The summed E-state index contributed by atoms with van der Waals surface area (Å²) in [4.78, 5) is 11.7. The maximum atomic E-state index is 11.7. The summed E-state index contributed by atoms with van der Waals surface area (Å²) in [6, 6.07) is 5.64. The Morgan fingerprint density at radius 2 is 2.00 bits per heavy atom. The van der Waals surface area contributed by atoms with Crippen LogP contribution in [0.2, 0.25) is 0 Å². The molecule has 1 aromatic carbocycles. The number of hydrogen-bond acceptors (Lipinski definition) is 5. The summed E-state index contributed by atoms with van der Waals surface area (Å²) in [6.45, 7) is 5.32. The van der Waals surface area contributed by atoms with E-state index in [1.165, 1.54) is 0 Å². The molecule has 0 N–H and O–H groups in total.